The van der Waals surface area contributed by atoms with E-state index in [1.807, 2.05) is 54.6 Å². The van der Waals surface area contributed by atoms with Crippen molar-refractivity contribution in [2.24, 2.45) is 5.10 Å². The smallest absolute Gasteiger partial charge is 0.214 e. The number of para-hydroxylation sites is 1. The summed E-state index contributed by atoms with van der Waals surface area (Å²) in [4.78, 5) is 0. The molecule has 0 saturated carbocycles. The van der Waals surface area contributed by atoms with Crippen molar-refractivity contribution in [3.63, 3.8) is 0 Å². The fourth-order valence-corrected chi connectivity index (χ4v) is 4.91. The standard InChI is InChI=1S/C30H34N2O5/c1-5-6-7-17-36-26-16-13-21(18-28(26)35-4)30-32-25(23-9-8-10-27(34-3)29(23)37-30)19-24(31-32)20-11-14-22(33-2)15-12-20/h8-16,18,25,30H,5-7,17,19H2,1-4H3/t25-,30+/m0/s1. The number of ether oxygens (including phenoxy) is 5. The molecule has 2 heterocycles. The lowest BCUT2D eigenvalue weighted by Crippen LogP contribution is -2.33. The van der Waals surface area contributed by atoms with E-state index < -0.39 is 6.23 Å². The highest BCUT2D eigenvalue weighted by Gasteiger charge is 2.42. The van der Waals surface area contributed by atoms with Gasteiger partial charge in [0, 0.05) is 17.5 Å². The molecule has 5 rings (SSSR count). The summed E-state index contributed by atoms with van der Waals surface area (Å²) in [7, 11) is 5.00. The van der Waals surface area contributed by atoms with Gasteiger partial charge in [-0.25, -0.2) is 5.01 Å². The van der Waals surface area contributed by atoms with Gasteiger partial charge >= 0.3 is 0 Å². The van der Waals surface area contributed by atoms with Crippen molar-refractivity contribution in [3.05, 3.63) is 77.4 Å². The third-order valence-electron chi connectivity index (χ3n) is 6.90. The van der Waals surface area contributed by atoms with Gasteiger partial charge in [-0.1, -0.05) is 31.9 Å². The Hall–Kier alpha value is -3.87. The number of rotatable bonds is 10. The minimum Gasteiger partial charge on any atom is -0.497 e. The molecule has 0 saturated heterocycles. The van der Waals surface area contributed by atoms with Crippen molar-refractivity contribution in [3.8, 4) is 28.7 Å². The number of hydrogen-bond donors (Lipinski definition) is 0. The molecule has 0 spiro atoms. The fourth-order valence-electron chi connectivity index (χ4n) is 4.91. The molecular weight excluding hydrogens is 468 g/mol. The highest BCUT2D eigenvalue weighted by molar-refractivity contribution is 6.02. The van der Waals surface area contributed by atoms with Crippen molar-refractivity contribution in [2.45, 2.75) is 44.9 Å². The van der Waals surface area contributed by atoms with E-state index in [9.17, 15) is 0 Å². The zero-order chi connectivity index (χ0) is 25.8. The largest absolute Gasteiger partial charge is 0.497 e. The van der Waals surface area contributed by atoms with Crippen LogP contribution in [0.25, 0.3) is 0 Å². The molecule has 0 fully saturated rings. The van der Waals surface area contributed by atoms with Crippen LogP contribution >= 0.6 is 0 Å². The first kappa shape index (κ1) is 24.8. The molecule has 0 unspecified atom stereocenters. The molecule has 0 radical (unpaired) electrons. The Balaban J connectivity index is 1.51. The number of hydrazone groups is 1. The van der Waals surface area contributed by atoms with E-state index in [0.717, 1.165) is 65.3 Å². The Bertz CT molecular complexity index is 1260. The number of hydrogen-bond acceptors (Lipinski definition) is 7. The molecule has 2 aliphatic heterocycles. The van der Waals surface area contributed by atoms with E-state index in [1.165, 1.54) is 0 Å². The van der Waals surface area contributed by atoms with E-state index in [1.54, 1.807) is 21.3 Å². The number of nitrogens with zero attached hydrogens (tertiary/aromatic N) is 2. The normalized spacial score (nSPS) is 17.8. The molecule has 0 bridgehead atoms. The Labute approximate surface area is 218 Å². The topological polar surface area (TPSA) is 61.8 Å². The first-order valence-corrected chi connectivity index (χ1v) is 12.8. The summed E-state index contributed by atoms with van der Waals surface area (Å²) < 4.78 is 29.3. The Kier molecular flexibility index (Phi) is 7.40. The van der Waals surface area contributed by atoms with Crippen LogP contribution in [-0.4, -0.2) is 38.7 Å². The van der Waals surface area contributed by atoms with Crippen LogP contribution in [0.2, 0.25) is 0 Å². The summed E-state index contributed by atoms with van der Waals surface area (Å²) in [5.41, 5.74) is 4.05. The molecule has 2 atom stereocenters. The lowest BCUT2D eigenvalue weighted by atomic mass is 9.95. The third kappa shape index (κ3) is 4.90. The molecule has 3 aromatic rings. The average molecular weight is 503 g/mol. The van der Waals surface area contributed by atoms with E-state index >= 15 is 0 Å². The monoisotopic (exact) mass is 502 g/mol. The van der Waals surface area contributed by atoms with Crippen LogP contribution in [0.4, 0.5) is 0 Å². The molecule has 0 aliphatic carbocycles. The van der Waals surface area contributed by atoms with Gasteiger partial charge in [-0.2, -0.15) is 5.10 Å². The Morgan fingerprint density at radius 1 is 0.892 bits per heavy atom. The minimum absolute atomic E-state index is 0.0110. The van der Waals surface area contributed by atoms with Crippen molar-refractivity contribution in [1.29, 1.82) is 0 Å². The summed E-state index contributed by atoms with van der Waals surface area (Å²) in [5.74, 6) is 3.69. The maximum absolute atomic E-state index is 6.60. The van der Waals surface area contributed by atoms with Crippen LogP contribution in [0.5, 0.6) is 28.7 Å². The van der Waals surface area contributed by atoms with E-state index in [2.05, 4.69) is 18.0 Å². The van der Waals surface area contributed by atoms with Gasteiger partial charge in [-0.3, -0.25) is 0 Å². The zero-order valence-electron chi connectivity index (χ0n) is 21.9. The number of unbranched alkanes of at least 4 members (excludes halogenated alkanes) is 2. The summed E-state index contributed by atoms with van der Waals surface area (Å²) >= 11 is 0. The van der Waals surface area contributed by atoms with Gasteiger partial charge in [-0.15, -0.1) is 0 Å². The molecule has 37 heavy (non-hydrogen) atoms. The van der Waals surface area contributed by atoms with E-state index in [-0.39, 0.29) is 6.04 Å². The second-order valence-electron chi connectivity index (χ2n) is 9.19. The minimum atomic E-state index is -0.451. The quantitative estimate of drug-likeness (QED) is 0.294. The first-order chi connectivity index (χ1) is 18.2. The summed E-state index contributed by atoms with van der Waals surface area (Å²) in [6.45, 7) is 2.85. The van der Waals surface area contributed by atoms with Gasteiger partial charge in [0.2, 0.25) is 6.23 Å². The van der Waals surface area contributed by atoms with Crippen molar-refractivity contribution in [1.82, 2.24) is 5.01 Å². The Morgan fingerprint density at radius 3 is 2.43 bits per heavy atom. The number of fused-ring (bicyclic) bond motifs is 3. The summed E-state index contributed by atoms with van der Waals surface area (Å²) in [6, 6.07) is 20.0. The molecule has 194 valence electrons. The highest BCUT2D eigenvalue weighted by atomic mass is 16.5. The van der Waals surface area contributed by atoms with Crippen molar-refractivity contribution < 1.29 is 23.7 Å². The lowest BCUT2D eigenvalue weighted by molar-refractivity contribution is -0.0210. The molecule has 0 amide bonds. The zero-order valence-corrected chi connectivity index (χ0v) is 21.9. The van der Waals surface area contributed by atoms with Gasteiger partial charge in [0.05, 0.1) is 39.7 Å². The molecule has 0 aromatic heterocycles. The van der Waals surface area contributed by atoms with Crippen LogP contribution in [0.1, 0.15) is 61.6 Å². The van der Waals surface area contributed by atoms with Crippen LogP contribution < -0.4 is 23.7 Å². The fraction of sp³-hybridized carbons (Fsp3) is 0.367. The van der Waals surface area contributed by atoms with Crippen LogP contribution in [-0.2, 0) is 0 Å². The lowest BCUT2D eigenvalue weighted by Gasteiger charge is -2.38. The first-order valence-electron chi connectivity index (χ1n) is 12.8. The van der Waals surface area contributed by atoms with Gasteiger partial charge in [0.1, 0.15) is 5.75 Å². The van der Waals surface area contributed by atoms with Crippen LogP contribution in [0.3, 0.4) is 0 Å². The highest BCUT2D eigenvalue weighted by Crippen LogP contribution is 2.51. The summed E-state index contributed by atoms with van der Waals surface area (Å²) in [5, 5.41) is 7.12. The van der Waals surface area contributed by atoms with Gasteiger partial charge in [-0.05, 0) is 60.5 Å². The average Bonchev–Trinajstić information content (AvgIpc) is 3.40. The SMILES string of the molecule is CCCCCOc1ccc([C@H]2Oc3c(OC)cccc3[C@@H]3CC(c4ccc(OC)cc4)=NN23)cc1OC. The predicted molar refractivity (Wildman–Crippen MR) is 143 cm³/mol. The summed E-state index contributed by atoms with van der Waals surface area (Å²) in [6.07, 6.45) is 3.61. The van der Waals surface area contributed by atoms with E-state index in [0.29, 0.717) is 18.1 Å². The molecule has 7 nitrogen and oxygen atoms in total. The second-order valence-corrected chi connectivity index (χ2v) is 9.19. The molecule has 2 aliphatic rings. The van der Waals surface area contributed by atoms with Crippen LogP contribution in [0, 0.1) is 0 Å². The number of methoxy groups -OCH3 is 3. The molecule has 0 N–H and O–H groups in total. The Morgan fingerprint density at radius 2 is 1.70 bits per heavy atom. The van der Waals surface area contributed by atoms with E-state index in [4.69, 9.17) is 28.8 Å². The van der Waals surface area contributed by atoms with Gasteiger partial charge < -0.3 is 23.7 Å². The molecule has 3 aromatic carbocycles. The maximum atomic E-state index is 6.60. The molecule has 7 heteroatoms. The van der Waals surface area contributed by atoms with Crippen molar-refractivity contribution >= 4 is 5.71 Å². The maximum Gasteiger partial charge on any atom is 0.214 e. The predicted octanol–water partition coefficient (Wildman–Crippen LogP) is 6.52. The molecular formula is C30H34N2O5. The van der Waals surface area contributed by atoms with Crippen LogP contribution in [0.15, 0.2) is 65.8 Å². The van der Waals surface area contributed by atoms with Crippen molar-refractivity contribution in [2.75, 3.05) is 27.9 Å². The third-order valence-corrected chi connectivity index (χ3v) is 6.90. The number of benzene rings is 3. The second kappa shape index (κ2) is 11.0. The van der Waals surface area contributed by atoms with Gasteiger partial charge in [0.15, 0.2) is 23.0 Å². The van der Waals surface area contributed by atoms with Gasteiger partial charge in [0.25, 0.3) is 0 Å².